The fourth-order valence-electron chi connectivity index (χ4n) is 19.1. The Kier molecular flexibility index (Phi) is 7.80. The Labute approximate surface area is 438 Å². The molecule has 2 atom stereocenters. The van der Waals surface area contributed by atoms with Crippen LogP contribution >= 0.6 is 0 Å². The summed E-state index contributed by atoms with van der Waals surface area (Å²) in [6, 6.07) is 42.4. The summed E-state index contributed by atoms with van der Waals surface area (Å²) >= 11 is 0. The molecule has 10 aliphatic rings. The Morgan fingerprint density at radius 1 is 0.440 bits per heavy atom. The molecule has 4 aromatic heterocycles. The molecule has 21 rings (SSSR count). The summed E-state index contributed by atoms with van der Waals surface area (Å²) in [5, 5.41) is 10.6. The van der Waals surface area contributed by atoms with Crippen molar-refractivity contribution >= 4 is 87.8 Å². The van der Waals surface area contributed by atoms with Gasteiger partial charge in [-0.25, -0.2) is 0 Å². The molecule has 0 N–H and O–H groups in total. The second-order valence-corrected chi connectivity index (χ2v) is 27.3. The van der Waals surface area contributed by atoms with Crippen molar-refractivity contribution in [3.63, 3.8) is 0 Å². The van der Waals surface area contributed by atoms with Crippen molar-refractivity contribution in [1.29, 1.82) is 0 Å². The Morgan fingerprint density at radius 3 is 1.53 bits per heavy atom. The molecule has 4 fully saturated rings. The summed E-state index contributed by atoms with van der Waals surface area (Å²) in [7, 11) is 0. The van der Waals surface area contributed by atoms with Gasteiger partial charge in [0.05, 0.1) is 33.1 Å². The maximum atomic E-state index is 15.3. The van der Waals surface area contributed by atoms with Crippen LogP contribution in [0, 0.1) is 28.6 Å². The minimum absolute atomic E-state index is 0.00441. The van der Waals surface area contributed by atoms with Gasteiger partial charge in [-0.1, -0.05) is 95.3 Å². The van der Waals surface area contributed by atoms with Crippen LogP contribution in [0.2, 0.25) is 0 Å². The van der Waals surface area contributed by atoms with Crippen LogP contribution in [-0.4, -0.2) is 20.4 Å². The lowest BCUT2D eigenvalue weighted by Crippen LogP contribution is -2.38. The van der Waals surface area contributed by atoms with Crippen molar-refractivity contribution in [2.24, 2.45) is 28.6 Å². The van der Waals surface area contributed by atoms with E-state index in [-0.39, 0.29) is 21.7 Å². The highest BCUT2D eigenvalue weighted by molar-refractivity contribution is 6.34. The summed E-state index contributed by atoms with van der Waals surface area (Å²) in [4.78, 5) is 30.4. The molecule has 4 saturated carbocycles. The normalized spacial score (nSPS) is 29.9. The molecule has 370 valence electrons. The Balaban J connectivity index is 1.04. The third kappa shape index (κ3) is 5.04. The number of carbonyl (C=O) groups is 2. The van der Waals surface area contributed by atoms with E-state index in [9.17, 15) is 0 Å². The summed E-state index contributed by atoms with van der Waals surface area (Å²) < 4.78 is 5.27. The number of aromatic nitrogens is 2. The van der Waals surface area contributed by atoms with Gasteiger partial charge in [-0.2, -0.15) is 0 Å². The zero-order chi connectivity index (χ0) is 50.0. The average Bonchev–Trinajstić information content (AvgIpc) is 4.28. The lowest BCUT2D eigenvalue weighted by atomic mass is 9.60. The van der Waals surface area contributed by atoms with Crippen molar-refractivity contribution in [3.8, 4) is 22.3 Å². The first kappa shape index (κ1) is 42.7. The minimum atomic E-state index is -0.350. The third-order valence-electron chi connectivity index (χ3n) is 23.3. The first-order valence-electron chi connectivity index (χ1n) is 29.1. The molecular weight excluding hydrogens is 913 g/mol. The van der Waals surface area contributed by atoms with Gasteiger partial charge < -0.3 is 8.80 Å². The number of ketones is 2. The Hall–Kier alpha value is -6.52. The predicted molar refractivity (Wildman–Crippen MR) is 308 cm³/mol. The smallest absolute Gasteiger partial charge is 0.169 e. The number of carbonyl (C=O) groups excluding carboxylic acids is 2. The van der Waals surface area contributed by atoms with E-state index in [1.54, 1.807) is 11.1 Å². The van der Waals surface area contributed by atoms with Gasteiger partial charge in [-0.05, 0) is 217 Å². The third-order valence-corrected chi connectivity index (χ3v) is 23.3. The molecule has 0 radical (unpaired) electrons. The van der Waals surface area contributed by atoms with Crippen LogP contribution in [0.3, 0.4) is 0 Å². The van der Waals surface area contributed by atoms with Gasteiger partial charge in [0.2, 0.25) is 0 Å². The number of fused-ring (bicyclic) bond motifs is 16. The van der Waals surface area contributed by atoms with Gasteiger partial charge in [-0.15, -0.1) is 0 Å². The van der Waals surface area contributed by atoms with E-state index in [2.05, 4.69) is 153 Å². The fraction of sp³-hybridized carbons (Fsp3) is 0.380. The number of rotatable bonds is 3. The van der Waals surface area contributed by atoms with E-state index in [1.165, 1.54) is 136 Å². The predicted octanol–water partition coefficient (Wildman–Crippen LogP) is 18.4. The molecule has 2 unspecified atom stereocenters. The van der Waals surface area contributed by atoms with Crippen LogP contribution in [0.4, 0.5) is 0 Å². The molecule has 4 nitrogen and oxygen atoms in total. The number of benzene rings is 7. The molecular formula is C71H64N2O2. The molecule has 0 saturated heterocycles. The van der Waals surface area contributed by atoms with Crippen LogP contribution in [0.25, 0.3) is 98.4 Å². The largest absolute Gasteiger partial charge is 0.308 e. The molecule has 0 spiro atoms. The van der Waals surface area contributed by atoms with Crippen molar-refractivity contribution in [1.82, 2.24) is 8.80 Å². The van der Waals surface area contributed by atoms with E-state index in [0.717, 1.165) is 79.8 Å². The topological polar surface area (TPSA) is 43.0 Å². The Bertz CT molecular complexity index is 4400. The monoisotopic (exact) mass is 976 g/mol. The van der Waals surface area contributed by atoms with Gasteiger partial charge in [0.15, 0.2) is 11.6 Å². The zero-order valence-corrected chi connectivity index (χ0v) is 44.2. The van der Waals surface area contributed by atoms with Gasteiger partial charge in [-0.3, -0.25) is 9.59 Å². The molecule has 0 amide bonds. The molecule has 8 bridgehead atoms. The van der Waals surface area contributed by atoms with Crippen molar-refractivity contribution in [2.75, 3.05) is 0 Å². The molecule has 75 heavy (non-hydrogen) atoms. The van der Waals surface area contributed by atoms with E-state index in [4.69, 9.17) is 0 Å². The van der Waals surface area contributed by atoms with Crippen LogP contribution < -0.4 is 0 Å². The van der Waals surface area contributed by atoms with Crippen molar-refractivity contribution in [3.05, 3.63) is 143 Å². The number of Topliss-reactive ketones (excluding diaryl/α,β-unsaturated/α-hetero) is 2. The molecule has 10 aliphatic carbocycles. The van der Waals surface area contributed by atoms with Gasteiger partial charge >= 0.3 is 0 Å². The van der Waals surface area contributed by atoms with Gasteiger partial charge in [0.25, 0.3) is 0 Å². The first-order valence-corrected chi connectivity index (χ1v) is 29.1. The summed E-state index contributed by atoms with van der Waals surface area (Å²) in [6.07, 6.45) is 14.7. The molecule has 4 heteroatoms. The Morgan fingerprint density at radius 2 is 0.920 bits per heavy atom. The fourth-order valence-corrected chi connectivity index (χ4v) is 19.1. The molecule has 7 aromatic carbocycles. The second kappa shape index (κ2) is 13.7. The lowest BCUT2D eigenvalue weighted by Gasteiger charge is -2.44. The first-order chi connectivity index (χ1) is 36.3. The van der Waals surface area contributed by atoms with Crippen molar-refractivity contribution in [2.45, 2.75) is 141 Å². The van der Waals surface area contributed by atoms with Crippen LogP contribution in [0.15, 0.2) is 109 Å². The molecule has 4 heterocycles. The highest BCUT2D eigenvalue weighted by Crippen LogP contribution is 2.62. The summed E-state index contributed by atoms with van der Waals surface area (Å²) in [6.45, 7) is 11.8. The highest BCUT2D eigenvalue weighted by atomic mass is 16.1. The number of hydrogen-bond acceptors (Lipinski definition) is 2. The number of nitrogens with zero attached hydrogens (tertiary/aromatic N) is 2. The van der Waals surface area contributed by atoms with Gasteiger partial charge in [0.1, 0.15) is 0 Å². The van der Waals surface area contributed by atoms with Crippen LogP contribution in [-0.2, 0) is 10.8 Å². The van der Waals surface area contributed by atoms with E-state index >= 15 is 9.59 Å². The SMILES string of the molecule is CC(C)C12CCC(C)(CC1)C(=O)c1cc3c(cc12)c1c(-c2ccccc2)cc(-c2ccccc2)c2c4cc5c(cc4n3c12)c1cc2c(c3c4cc6c(cc4n5c13)C(=O)C1(C)CCC6(C)CC1)C1CC3CC(CC2C3)C1. The second-order valence-electron chi connectivity index (χ2n) is 27.3. The van der Waals surface area contributed by atoms with E-state index in [0.29, 0.717) is 29.3 Å². The zero-order valence-electron chi connectivity index (χ0n) is 44.2. The van der Waals surface area contributed by atoms with Crippen molar-refractivity contribution < 1.29 is 9.59 Å². The maximum absolute atomic E-state index is 15.3. The van der Waals surface area contributed by atoms with E-state index in [1.807, 2.05) is 0 Å². The van der Waals surface area contributed by atoms with Gasteiger partial charge in [0, 0.05) is 65.0 Å². The van der Waals surface area contributed by atoms with Crippen LogP contribution in [0.1, 0.15) is 173 Å². The average molecular weight is 977 g/mol. The highest BCUT2D eigenvalue weighted by Gasteiger charge is 2.53. The van der Waals surface area contributed by atoms with Crippen LogP contribution in [0.5, 0.6) is 0 Å². The molecule has 11 aromatic rings. The summed E-state index contributed by atoms with van der Waals surface area (Å²) in [5.41, 5.74) is 19.4. The number of hydrogen-bond donors (Lipinski definition) is 0. The quantitative estimate of drug-likeness (QED) is 0.177. The lowest BCUT2D eigenvalue weighted by molar-refractivity contribution is 0.0687. The summed E-state index contributed by atoms with van der Waals surface area (Å²) in [5.74, 6) is 3.90. The maximum Gasteiger partial charge on any atom is 0.169 e. The molecule has 0 aliphatic heterocycles. The standard InChI is InChI=1S/C71H64N2O2/c1-37(2)71-22-20-70(5,21-23-71)67(75)50-35-58-51(32-55(50)71)61-44(40-12-8-6-9-13-40)29-45(41-14-10-7-11-15-41)62-53-36-56-47(33-57(53)73(58)65(61)62)48-30-46-42-25-38-24-39(26-42)28-43(27-38)60(46)63-52-31-54-49(34-59(52)72(56)64(48)63)66(74)69(4)18-16-68(54,3)17-19-69/h6-15,29-39,42-43H,16-28H2,1-5H3. The van der Waals surface area contributed by atoms with E-state index < -0.39 is 0 Å². The minimum Gasteiger partial charge on any atom is -0.308 e.